The Labute approximate surface area is 133 Å². The Balaban J connectivity index is 0.00000220. The van der Waals surface area contributed by atoms with Crippen molar-refractivity contribution in [3.8, 4) is 0 Å². The molecular weight excluding hydrogens is 288 g/mol. The van der Waals surface area contributed by atoms with Crippen LogP contribution in [0.2, 0.25) is 0 Å². The van der Waals surface area contributed by atoms with Crippen molar-refractivity contribution < 1.29 is 9.53 Å². The molecule has 0 bridgehead atoms. The number of esters is 1. The predicted octanol–water partition coefficient (Wildman–Crippen LogP) is 1.78. The fourth-order valence-corrected chi connectivity index (χ4v) is 2.64. The number of nitrogens with one attached hydrogen (secondary N) is 2. The van der Waals surface area contributed by atoms with Crippen LogP contribution in [0.1, 0.15) is 18.4 Å². The number of rotatable bonds is 6. The summed E-state index contributed by atoms with van der Waals surface area (Å²) in [6.07, 6.45) is 3.11. The van der Waals surface area contributed by atoms with Gasteiger partial charge in [-0.25, -0.2) is 0 Å². The van der Waals surface area contributed by atoms with Gasteiger partial charge in [-0.15, -0.1) is 12.4 Å². The van der Waals surface area contributed by atoms with Crippen LogP contribution >= 0.6 is 12.4 Å². The van der Waals surface area contributed by atoms with Crippen LogP contribution in [0.25, 0.3) is 0 Å². The quantitative estimate of drug-likeness (QED) is 0.786. The highest BCUT2D eigenvalue weighted by Gasteiger charge is 2.21. The molecular formula is C16H25ClN2O2. The fraction of sp³-hybridized carbons (Fsp3) is 0.562. The van der Waals surface area contributed by atoms with Crippen LogP contribution < -0.4 is 10.6 Å². The number of benzene rings is 1. The maximum atomic E-state index is 11.9. The van der Waals surface area contributed by atoms with Gasteiger partial charge < -0.3 is 15.4 Å². The lowest BCUT2D eigenvalue weighted by Gasteiger charge is -2.25. The molecule has 1 saturated heterocycles. The molecule has 2 rings (SSSR count). The van der Waals surface area contributed by atoms with E-state index in [1.54, 1.807) is 0 Å². The van der Waals surface area contributed by atoms with Gasteiger partial charge in [-0.1, -0.05) is 30.3 Å². The average molecular weight is 313 g/mol. The van der Waals surface area contributed by atoms with Crippen LogP contribution in [0.3, 0.4) is 0 Å². The van der Waals surface area contributed by atoms with Gasteiger partial charge in [-0.2, -0.15) is 0 Å². The first-order chi connectivity index (χ1) is 9.79. The lowest BCUT2D eigenvalue weighted by molar-refractivity contribution is -0.143. The second kappa shape index (κ2) is 9.77. The number of halogens is 1. The summed E-state index contributed by atoms with van der Waals surface area (Å²) >= 11 is 0. The zero-order chi connectivity index (χ0) is 14.2. The summed E-state index contributed by atoms with van der Waals surface area (Å²) < 4.78 is 4.91. The van der Waals surface area contributed by atoms with Crippen molar-refractivity contribution in [2.75, 3.05) is 26.7 Å². The minimum absolute atomic E-state index is 0. The Kier molecular flexibility index (Phi) is 8.35. The van der Waals surface area contributed by atoms with E-state index in [9.17, 15) is 4.79 Å². The molecule has 21 heavy (non-hydrogen) atoms. The Morgan fingerprint density at radius 2 is 2.19 bits per heavy atom. The topological polar surface area (TPSA) is 50.4 Å². The predicted molar refractivity (Wildman–Crippen MR) is 86.8 cm³/mol. The Hall–Kier alpha value is -1.10. The number of piperidine rings is 1. The van der Waals surface area contributed by atoms with Gasteiger partial charge in [-0.05, 0) is 50.4 Å². The molecule has 0 aromatic heterocycles. The molecule has 0 spiro atoms. The van der Waals surface area contributed by atoms with E-state index in [4.69, 9.17) is 4.74 Å². The molecule has 0 radical (unpaired) electrons. The molecule has 1 aromatic carbocycles. The summed E-state index contributed by atoms with van der Waals surface area (Å²) in [7, 11) is 1.45. The van der Waals surface area contributed by atoms with Crippen LogP contribution in [0.4, 0.5) is 0 Å². The normalized spacial score (nSPS) is 19.4. The molecule has 118 valence electrons. The first-order valence-electron chi connectivity index (χ1n) is 7.35. The van der Waals surface area contributed by atoms with E-state index in [0.29, 0.717) is 12.3 Å². The van der Waals surface area contributed by atoms with Crippen molar-refractivity contribution in [1.29, 1.82) is 0 Å². The second-order valence-corrected chi connectivity index (χ2v) is 5.39. The molecule has 1 fully saturated rings. The van der Waals surface area contributed by atoms with Gasteiger partial charge in [0.1, 0.15) is 6.04 Å². The summed E-state index contributed by atoms with van der Waals surface area (Å²) in [4.78, 5) is 11.9. The summed E-state index contributed by atoms with van der Waals surface area (Å²) in [5, 5.41) is 6.77. The van der Waals surface area contributed by atoms with Crippen LogP contribution in [0.15, 0.2) is 30.3 Å². The standard InChI is InChI=1S/C16H24N2O2.ClH/c1-20-16(19)15(10-13-6-3-2-4-7-13)18-12-14-8-5-9-17-11-14;/h2-4,6-7,14-15,17-18H,5,8-12H2,1H3;1H. The third kappa shape index (κ3) is 6.04. The molecule has 4 nitrogen and oxygen atoms in total. The molecule has 1 heterocycles. The lowest BCUT2D eigenvalue weighted by atomic mass is 9.98. The first kappa shape index (κ1) is 18.0. The van der Waals surface area contributed by atoms with E-state index in [1.165, 1.54) is 20.0 Å². The van der Waals surface area contributed by atoms with E-state index in [1.807, 2.05) is 30.3 Å². The van der Waals surface area contributed by atoms with E-state index < -0.39 is 0 Å². The molecule has 2 N–H and O–H groups in total. The number of carbonyl (C=O) groups is 1. The van der Waals surface area contributed by atoms with Crippen molar-refractivity contribution in [3.63, 3.8) is 0 Å². The molecule has 1 aliphatic rings. The van der Waals surface area contributed by atoms with E-state index in [0.717, 1.165) is 25.2 Å². The van der Waals surface area contributed by atoms with Crippen LogP contribution in [0, 0.1) is 5.92 Å². The van der Waals surface area contributed by atoms with Gasteiger partial charge in [0.2, 0.25) is 0 Å². The molecule has 2 unspecified atom stereocenters. The van der Waals surface area contributed by atoms with Gasteiger partial charge >= 0.3 is 5.97 Å². The third-order valence-electron chi connectivity index (χ3n) is 3.82. The maximum absolute atomic E-state index is 11.9. The third-order valence-corrected chi connectivity index (χ3v) is 3.82. The van der Waals surface area contributed by atoms with Crippen molar-refractivity contribution in [2.24, 2.45) is 5.92 Å². The van der Waals surface area contributed by atoms with Crippen molar-refractivity contribution >= 4 is 18.4 Å². The Morgan fingerprint density at radius 1 is 1.43 bits per heavy atom. The fourth-order valence-electron chi connectivity index (χ4n) is 2.64. The summed E-state index contributed by atoms with van der Waals surface area (Å²) in [6.45, 7) is 3.01. The number of hydrogen-bond acceptors (Lipinski definition) is 4. The Bertz CT molecular complexity index is 408. The number of carbonyl (C=O) groups excluding carboxylic acids is 1. The van der Waals surface area contributed by atoms with E-state index >= 15 is 0 Å². The monoisotopic (exact) mass is 312 g/mol. The summed E-state index contributed by atoms with van der Waals surface area (Å²) in [5.41, 5.74) is 1.15. The second-order valence-electron chi connectivity index (χ2n) is 5.39. The average Bonchev–Trinajstić information content (AvgIpc) is 2.52. The smallest absolute Gasteiger partial charge is 0.323 e. The van der Waals surface area contributed by atoms with Crippen molar-refractivity contribution in [1.82, 2.24) is 10.6 Å². The molecule has 1 aromatic rings. The van der Waals surface area contributed by atoms with Crippen molar-refractivity contribution in [2.45, 2.75) is 25.3 Å². The van der Waals surface area contributed by atoms with Gasteiger partial charge in [0.15, 0.2) is 0 Å². The molecule has 0 saturated carbocycles. The van der Waals surface area contributed by atoms with Gasteiger partial charge in [0.25, 0.3) is 0 Å². The van der Waals surface area contributed by atoms with Crippen LogP contribution in [-0.2, 0) is 16.0 Å². The largest absolute Gasteiger partial charge is 0.468 e. The number of methoxy groups -OCH3 is 1. The van der Waals surface area contributed by atoms with Crippen LogP contribution in [-0.4, -0.2) is 38.8 Å². The molecule has 0 amide bonds. The highest BCUT2D eigenvalue weighted by atomic mass is 35.5. The van der Waals surface area contributed by atoms with Crippen LogP contribution in [0.5, 0.6) is 0 Å². The SMILES string of the molecule is COC(=O)C(Cc1ccccc1)NCC1CCCNC1.Cl. The highest BCUT2D eigenvalue weighted by molar-refractivity contribution is 5.85. The molecule has 1 aliphatic heterocycles. The van der Waals surface area contributed by atoms with E-state index in [2.05, 4.69) is 10.6 Å². The molecule has 0 aliphatic carbocycles. The minimum Gasteiger partial charge on any atom is -0.468 e. The summed E-state index contributed by atoms with van der Waals surface area (Å²) in [5.74, 6) is 0.421. The minimum atomic E-state index is -0.260. The number of ether oxygens (including phenoxy) is 1. The zero-order valence-electron chi connectivity index (χ0n) is 12.5. The highest BCUT2D eigenvalue weighted by Crippen LogP contribution is 2.10. The molecule has 5 heteroatoms. The lowest BCUT2D eigenvalue weighted by Crippen LogP contribution is -2.44. The summed E-state index contributed by atoms with van der Waals surface area (Å²) in [6, 6.07) is 9.80. The maximum Gasteiger partial charge on any atom is 0.323 e. The van der Waals surface area contributed by atoms with Gasteiger partial charge in [-0.3, -0.25) is 4.79 Å². The first-order valence-corrected chi connectivity index (χ1v) is 7.35. The zero-order valence-corrected chi connectivity index (χ0v) is 13.3. The van der Waals surface area contributed by atoms with Gasteiger partial charge in [0, 0.05) is 0 Å². The Morgan fingerprint density at radius 3 is 2.81 bits per heavy atom. The van der Waals surface area contributed by atoms with Gasteiger partial charge in [0.05, 0.1) is 7.11 Å². The number of hydrogen-bond donors (Lipinski definition) is 2. The van der Waals surface area contributed by atoms with E-state index in [-0.39, 0.29) is 24.4 Å². The van der Waals surface area contributed by atoms with Crippen molar-refractivity contribution in [3.05, 3.63) is 35.9 Å². The molecule has 2 atom stereocenters.